The largest absolute Gasteiger partial charge is 0.299 e. The van der Waals surface area contributed by atoms with Gasteiger partial charge in [0.1, 0.15) is 5.78 Å². The first-order chi connectivity index (χ1) is 7.59. The summed E-state index contributed by atoms with van der Waals surface area (Å²) in [6.45, 7) is 1.30. The first-order valence-corrected chi connectivity index (χ1v) is 4.58. The summed E-state index contributed by atoms with van der Waals surface area (Å²) >= 11 is 0. The van der Waals surface area contributed by atoms with E-state index in [0.717, 1.165) is 0 Å². The number of pyridine rings is 1. The number of aromatic nitrogens is 1. The van der Waals surface area contributed by atoms with Crippen LogP contribution in [0.1, 0.15) is 23.7 Å². The third-order valence-electron chi connectivity index (χ3n) is 1.67. The zero-order valence-electron chi connectivity index (χ0n) is 8.69. The highest BCUT2D eigenvalue weighted by Crippen LogP contribution is 1.94. The van der Waals surface area contributed by atoms with Crippen LogP contribution < -0.4 is 10.9 Å². The molecule has 0 spiro atoms. The van der Waals surface area contributed by atoms with Gasteiger partial charge in [0.05, 0.1) is 6.42 Å². The molecule has 6 heteroatoms. The van der Waals surface area contributed by atoms with Gasteiger partial charge < -0.3 is 0 Å². The third-order valence-corrected chi connectivity index (χ3v) is 1.67. The van der Waals surface area contributed by atoms with Crippen molar-refractivity contribution >= 4 is 17.6 Å². The number of Topliss-reactive ketones (excluding diaryl/α,β-unsaturated/α-hetero) is 1. The van der Waals surface area contributed by atoms with Crippen molar-refractivity contribution in [2.24, 2.45) is 0 Å². The molecule has 0 saturated heterocycles. The SMILES string of the molecule is CC(=O)CC(=O)NNC(=O)c1ccncc1. The van der Waals surface area contributed by atoms with Gasteiger partial charge in [-0.25, -0.2) is 0 Å². The number of nitrogens with zero attached hydrogens (tertiary/aromatic N) is 1. The smallest absolute Gasteiger partial charge is 0.269 e. The number of hydrogen-bond donors (Lipinski definition) is 2. The first kappa shape index (κ1) is 11.8. The van der Waals surface area contributed by atoms with Crippen molar-refractivity contribution in [2.75, 3.05) is 0 Å². The minimum atomic E-state index is -0.546. The summed E-state index contributed by atoms with van der Waals surface area (Å²) in [5.41, 5.74) is 4.69. The molecule has 0 aliphatic rings. The van der Waals surface area contributed by atoms with Crippen LogP contribution in [0.4, 0.5) is 0 Å². The van der Waals surface area contributed by atoms with Gasteiger partial charge >= 0.3 is 0 Å². The van der Waals surface area contributed by atoms with Crippen LogP contribution in [0.3, 0.4) is 0 Å². The summed E-state index contributed by atoms with van der Waals surface area (Å²) in [6, 6.07) is 3.01. The van der Waals surface area contributed by atoms with E-state index in [9.17, 15) is 14.4 Å². The summed E-state index contributed by atoms with van der Waals surface area (Å²) < 4.78 is 0. The van der Waals surface area contributed by atoms with Crippen molar-refractivity contribution in [1.29, 1.82) is 0 Å². The quantitative estimate of drug-likeness (QED) is 0.547. The van der Waals surface area contributed by atoms with Crippen LogP contribution in [0, 0.1) is 0 Å². The fourth-order valence-electron chi connectivity index (χ4n) is 0.972. The molecule has 0 aliphatic heterocycles. The zero-order chi connectivity index (χ0) is 12.0. The van der Waals surface area contributed by atoms with Crippen LogP contribution in [0.2, 0.25) is 0 Å². The average Bonchev–Trinajstić information content (AvgIpc) is 2.26. The molecule has 0 aliphatic carbocycles. The molecule has 0 bridgehead atoms. The molecule has 1 rings (SSSR count). The molecule has 16 heavy (non-hydrogen) atoms. The Morgan fingerprint density at radius 1 is 1.19 bits per heavy atom. The van der Waals surface area contributed by atoms with Crippen molar-refractivity contribution < 1.29 is 14.4 Å². The van der Waals surface area contributed by atoms with Crippen LogP contribution in [-0.2, 0) is 9.59 Å². The zero-order valence-corrected chi connectivity index (χ0v) is 8.69. The lowest BCUT2D eigenvalue weighted by Gasteiger charge is -2.05. The van der Waals surface area contributed by atoms with Gasteiger partial charge in [-0.05, 0) is 19.1 Å². The average molecular weight is 221 g/mol. The van der Waals surface area contributed by atoms with Crippen LogP contribution in [-0.4, -0.2) is 22.6 Å². The number of carbonyl (C=O) groups excluding carboxylic acids is 3. The van der Waals surface area contributed by atoms with E-state index in [2.05, 4.69) is 15.8 Å². The summed E-state index contributed by atoms with van der Waals surface area (Å²) in [5, 5.41) is 0. The molecule has 2 N–H and O–H groups in total. The van der Waals surface area contributed by atoms with Crippen molar-refractivity contribution in [3.05, 3.63) is 30.1 Å². The van der Waals surface area contributed by atoms with Gasteiger partial charge in [0.25, 0.3) is 5.91 Å². The molecule has 84 valence electrons. The normalized spacial score (nSPS) is 9.31. The van der Waals surface area contributed by atoms with Crippen LogP contribution in [0.5, 0.6) is 0 Å². The van der Waals surface area contributed by atoms with E-state index in [-0.39, 0.29) is 12.2 Å². The first-order valence-electron chi connectivity index (χ1n) is 4.58. The number of ketones is 1. The summed E-state index contributed by atoms with van der Waals surface area (Å²) in [4.78, 5) is 36.8. The fraction of sp³-hybridized carbons (Fsp3) is 0.200. The van der Waals surface area contributed by atoms with E-state index in [1.165, 1.54) is 31.5 Å². The molecule has 0 saturated carbocycles. The second kappa shape index (κ2) is 5.59. The highest BCUT2D eigenvalue weighted by molar-refractivity contribution is 5.99. The number of carbonyl (C=O) groups is 3. The van der Waals surface area contributed by atoms with Gasteiger partial charge in [0.2, 0.25) is 5.91 Å². The molecule has 1 aromatic rings. The van der Waals surface area contributed by atoms with Gasteiger partial charge in [-0.2, -0.15) is 0 Å². The Morgan fingerprint density at radius 3 is 2.38 bits per heavy atom. The number of nitrogens with one attached hydrogen (secondary N) is 2. The molecule has 2 amide bonds. The molecule has 1 heterocycles. The summed E-state index contributed by atoms with van der Waals surface area (Å²) in [6.07, 6.45) is 2.68. The number of hydrazine groups is 1. The lowest BCUT2D eigenvalue weighted by molar-refractivity contribution is -0.127. The molecule has 0 unspecified atom stereocenters. The second-order valence-corrected chi connectivity index (χ2v) is 3.12. The standard InChI is InChI=1S/C10H11N3O3/c1-7(14)6-9(15)12-13-10(16)8-2-4-11-5-3-8/h2-5H,6H2,1H3,(H,12,15)(H,13,16). The van der Waals surface area contributed by atoms with Crippen molar-refractivity contribution in [2.45, 2.75) is 13.3 Å². The van der Waals surface area contributed by atoms with E-state index in [1.54, 1.807) is 0 Å². The van der Waals surface area contributed by atoms with Gasteiger partial charge in [-0.15, -0.1) is 0 Å². The molecule has 6 nitrogen and oxygen atoms in total. The molecule has 0 radical (unpaired) electrons. The summed E-state index contributed by atoms with van der Waals surface area (Å²) in [5.74, 6) is -1.27. The Morgan fingerprint density at radius 2 is 1.81 bits per heavy atom. The molecular formula is C10H11N3O3. The lowest BCUT2D eigenvalue weighted by Crippen LogP contribution is -2.42. The minimum absolute atomic E-state index is 0.253. The monoisotopic (exact) mass is 221 g/mol. The molecule has 0 fully saturated rings. The van der Waals surface area contributed by atoms with Gasteiger partial charge in [-0.3, -0.25) is 30.2 Å². The van der Waals surface area contributed by atoms with Crippen molar-refractivity contribution in [3.63, 3.8) is 0 Å². The van der Waals surface area contributed by atoms with E-state index >= 15 is 0 Å². The minimum Gasteiger partial charge on any atom is -0.299 e. The topological polar surface area (TPSA) is 88.2 Å². The Labute approximate surface area is 92.0 Å². The number of rotatable bonds is 3. The molecular weight excluding hydrogens is 210 g/mol. The van der Waals surface area contributed by atoms with Crippen molar-refractivity contribution in [3.8, 4) is 0 Å². The maximum Gasteiger partial charge on any atom is 0.269 e. The lowest BCUT2D eigenvalue weighted by atomic mass is 10.2. The van der Waals surface area contributed by atoms with E-state index in [1.807, 2.05) is 0 Å². The highest BCUT2D eigenvalue weighted by Gasteiger charge is 2.07. The maximum absolute atomic E-state index is 11.4. The Balaban J connectivity index is 2.42. The van der Waals surface area contributed by atoms with E-state index < -0.39 is 11.8 Å². The predicted octanol–water partition coefficient (Wildman–Crippen LogP) is -0.178. The Hall–Kier alpha value is -2.24. The van der Waals surface area contributed by atoms with E-state index in [0.29, 0.717) is 5.56 Å². The highest BCUT2D eigenvalue weighted by atomic mass is 16.2. The van der Waals surface area contributed by atoms with Crippen LogP contribution >= 0.6 is 0 Å². The summed E-state index contributed by atoms with van der Waals surface area (Å²) in [7, 11) is 0. The predicted molar refractivity (Wildman–Crippen MR) is 55.1 cm³/mol. The molecule has 0 atom stereocenters. The fourth-order valence-corrected chi connectivity index (χ4v) is 0.972. The van der Waals surface area contributed by atoms with Gasteiger partial charge in [0.15, 0.2) is 0 Å². The molecule has 0 aromatic carbocycles. The van der Waals surface area contributed by atoms with Gasteiger partial charge in [0, 0.05) is 18.0 Å². The Bertz CT molecular complexity index is 403. The van der Waals surface area contributed by atoms with Crippen LogP contribution in [0.25, 0.3) is 0 Å². The van der Waals surface area contributed by atoms with Gasteiger partial charge in [-0.1, -0.05) is 0 Å². The second-order valence-electron chi connectivity index (χ2n) is 3.12. The van der Waals surface area contributed by atoms with Crippen molar-refractivity contribution in [1.82, 2.24) is 15.8 Å². The number of amides is 2. The number of hydrogen-bond acceptors (Lipinski definition) is 4. The van der Waals surface area contributed by atoms with Crippen LogP contribution in [0.15, 0.2) is 24.5 Å². The third kappa shape index (κ3) is 3.87. The Kier molecular flexibility index (Phi) is 4.14. The maximum atomic E-state index is 11.4. The van der Waals surface area contributed by atoms with E-state index in [4.69, 9.17) is 0 Å². The molecule has 1 aromatic heterocycles.